The Morgan fingerprint density at radius 3 is 2.54 bits per heavy atom. The van der Waals surface area contributed by atoms with E-state index in [-0.39, 0.29) is 34.8 Å². The van der Waals surface area contributed by atoms with Crippen LogP contribution in [-0.4, -0.2) is 24.6 Å². The largest absolute Gasteiger partial charge is 0.332 e. The van der Waals surface area contributed by atoms with Crippen molar-refractivity contribution in [1.29, 1.82) is 0 Å². The molecule has 0 aliphatic carbocycles. The molecule has 1 amide bonds. The molecule has 1 N–H and O–H groups in total. The number of aromatic nitrogens is 4. The molecule has 2 aromatic heterocycles. The Hall–Kier alpha value is -2.87. The molecule has 9 heteroatoms. The molecule has 0 spiro atoms. The lowest BCUT2D eigenvalue weighted by Crippen LogP contribution is -2.37. The number of para-hydroxylation sites is 1. The van der Waals surface area contributed by atoms with Gasteiger partial charge in [-0.1, -0.05) is 32.0 Å². The van der Waals surface area contributed by atoms with Crippen molar-refractivity contribution >= 4 is 34.4 Å². The van der Waals surface area contributed by atoms with Gasteiger partial charge in [0.25, 0.3) is 5.56 Å². The van der Waals surface area contributed by atoms with E-state index < -0.39 is 11.2 Å². The van der Waals surface area contributed by atoms with Crippen molar-refractivity contribution in [3.05, 3.63) is 55.4 Å². The number of hydrogen-bond acceptors (Lipinski definition) is 4. The Balaban J connectivity index is 2.03. The maximum atomic E-state index is 12.8. The van der Waals surface area contributed by atoms with Gasteiger partial charge in [0.05, 0.1) is 0 Å². The number of imidazole rings is 1. The Kier molecular flexibility index (Phi) is 5.16. The van der Waals surface area contributed by atoms with Crippen LogP contribution in [-0.2, 0) is 25.4 Å². The maximum absolute atomic E-state index is 12.8. The lowest BCUT2D eigenvalue weighted by Gasteiger charge is -2.17. The van der Waals surface area contributed by atoms with Gasteiger partial charge in [-0.3, -0.25) is 23.3 Å². The topological polar surface area (TPSA) is 90.9 Å². The number of aryl methyl sites for hydroxylation is 2. The fourth-order valence-electron chi connectivity index (χ4n) is 3.23. The predicted molar refractivity (Wildman–Crippen MR) is 109 cm³/mol. The summed E-state index contributed by atoms with van der Waals surface area (Å²) >= 11 is 6.18. The molecule has 0 bridgehead atoms. The van der Waals surface area contributed by atoms with E-state index in [4.69, 9.17) is 11.6 Å². The average Bonchev–Trinajstić information content (AvgIpc) is 2.96. The highest BCUT2D eigenvalue weighted by atomic mass is 35.5. The van der Waals surface area contributed by atoms with Crippen molar-refractivity contribution in [3.8, 4) is 0 Å². The number of amides is 1. The Morgan fingerprint density at radius 1 is 1.21 bits per heavy atom. The molecule has 28 heavy (non-hydrogen) atoms. The number of benzene rings is 1. The summed E-state index contributed by atoms with van der Waals surface area (Å²) in [6.07, 6.45) is 0. The van der Waals surface area contributed by atoms with E-state index in [0.29, 0.717) is 0 Å². The van der Waals surface area contributed by atoms with Gasteiger partial charge in [0.15, 0.2) is 11.2 Å². The first kappa shape index (κ1) is 19.9. The van der Waals surface area contributed by atoms with E-state index in [9.17, 15) is 14.4 Å². The summed E-state index contributed by atoms with van der Waals surface area (Å²) in [5.41, 5.74) is 1.91. The van der Waals surface area contributed by atoms with Gasteiger partial charge >= 0.3 is 5.69 Å². The Morgan fingerprint density at radius 2 is 1.89 bits per heavy atom. The van der Waals surface area contributed by atoms with E-state index in [1.54, 1.807) is 0 Å². The molecule has 1 aromatic carbocycles. The van der Waals surface area contributed by atoms with E-state index in [2.05, 4.69) is 24.1 Å². The minimum absolute atomic E-state index is 0.0303. The summed E-state index contributed by atoms with van der Waals surface area (Å²) in [4.78, 5) is 41.5. The van der Waals surface area contributed by atoms with E-state index in [1.807, 2.05) is 25.1 Å². The lowest BCUT2D eigenvalue weighted by molar-refractivity contribution is -0.116. The third kappa shape index (κ3) is 3.24. The standard InChI is InChI=1S/C19H22ClN5O3/c1-10(2)12-8-6-7-11(3)14(12)21-13(26)9-25-15-16(22-18(25)20)23(4)19(28)24(5)17(15)27/h6-8,10H,9H2,1-5H3,(H,21,26). The number of nitrogens with zero attached hydrogens (tertiary/aromatic N) is 4. The lowest BCUT2D eigenvalue weighted by atomic mass is 9.98. The van der Waals surface area contributed by atoms with Crippen LogP contribution in [0.4, 0.5) is 5.69 Å². The van der Waals surface area contributed by atoms with Crippen LogP contribution < -0.4 is 16.6 Å². The summed E-state index contributed by atoms with van der Waals surface area (Å²) in [5.74, 6) is -0.108. The molecule has 0 saturated carbocycles. The second-order valence-electron chi connectivity index (χ2n) is 7.09. The SMILES string of the molecule is Cc1cccc(C(C)C)c1NC(=O)Cn1c(Cl)nc2c1c(=O)n(C)c(=O)n2C. The maximum Gasteiger partial charge on any atom is 0.332 e. The van der Waals surface area contributed by atoms with Gasteiger partial charge in [-0.15, -0.1) is 0 Å². The van der Waals surface area contributed by atoms with Crippen molar-refractivity contribution in [2.24, 2.45) is 14.1 Å². The second kappa shape index (κ2) is 7.27. The third-order valence-corrected chi connectivity index (χ3v) is 5.08. The van der Waals surface area contributed by atoms with Crippen LogP contribution in [0.5, 0.6) is 0 Å². The van der Waals surface area contributed by atoms with Crippen LogP contribution >= 0.6 is 11.6 Å². The quantitative estimate of drug-likeness (QED) is 0.676. The van der Waals surface area contributed by atoms with E-state index in [0.717, 1.165) is 21.4 Å². The van der Waals surface area contributed by atoms with Crippen molar-refractivity contribution in [2.75, 3.05) is 5.32 Å². The number of carbonyl (C=O) groups is 1. The highest BCUT2D eigenvalue weighted by Crippen LogP contribution is 2.27. The van der Waals surface area contributed by atoms with Crippen molar-refractivity contribution in [1.82, 2.24) is 18.7 Å². The number of rotatable bonds is 4. The van der Waals surface area contributed by atoms with Gasteiger partial charge < -0.3 is 5.32 Å². The van der Waals surface area contributed by atoms with Crippen molar-refractivity contribution in [2.45, 2.75) is 33.2 Å². The highest BCUT2D eigenvalue weighted by molar-refractivity contribution is 6.29. The molecule has 148 valence electrons. The summed E-state index contributed by atoms with van der Waals surface area (Å²) in [6, 6.07) is 5.84. The summed E-state index contributed by atoms with van der Waals surface area (Å²) in [5, 5.41) is 2.90. The molecule has 0 radical (unpaired) electrons. The summed E-state index contributed by atoms with van der Waals surface area (Å²) < 4.78 is 3.52. The molecule has 0 fully saturated rings. The van der Waals surface area contributed by atoms with Crippen LogP contribution in [0.1, 0.15) is 30.9 Å². The molecular formula is C19H22ClN5O3. The second-order valence-corrected chi connectivity index (χ2v) is 7.43. The zero-order chi connectivity index (χ0) is 20.7. The molecular weight excluding hydrogens is 382 g/mol. The van der Waals surface area contributed by atoms with E-state index in [1.165, 1.54) is 23.2 Å². The van der Waals surface area contributed by atoms with Crippen LogP contribution in [0.15, 0.2) is 27.8 Å². The van der Waals surface area contributed by atoms with Crippen molar-refractivity contribution in [3.63, 3.8) is 0 Å². The first-order valence-corrected chi connectivity index (χ1v) is 9.22. The van der Waals surface area contributed by atoms with Gasteiger partial charge in [-0.25, -0.2) is 4.79 Å². The van der Waals surface area contributed by atoms with Gasteiger partial charge in [0, 0.05) is 19.8 Å². The molecule has 0 saturated heterocycles. The first-order valence-electron chi connectivity index (χ1n) is 8.84. The third-order valence-electron chi connectivity index (χ3n) is 4.79. The number of anilines is 1. The molecule has 0 aliphatic rings. The minimum atomic E-state index is -0.552. The number of hydrogen-bond donors (Lipinski definition) is 1. The van der Waals surface area contributed by atoms with Crippen LogP contribution in [0.25, 0.3) is 11.2 Å². The normalized spacial score (nSPS) is 11.4. The smallest absolute Gasteiger partial charge is 0.324 e. The van der Waals surface area contributed by atoms with Crippen LogP contribution in [0.3, 0.4) is 0 Å². The Bertz CT molecular complexity index is 1200. The zero-order valence-electron chi connectivity index (χ0n) is 16.4. The van der Waals surface area contributed by atoms with Gasteiger partial charge in [0.2, 0.25) is 11.2 Å². The van der Waals surface area contributed by atoms with Crippen molar-refractivity contribution < 1.29 is 4.79 Å². The molecule has 3 rings (SSSR count). The van der Waals surface area contributed by atoms with Gasteiger partial charge in [0.1, 0.15) is 6.54 Å². The predicted octanol–water partition coefficient (Wildman–Crippen LogP) is 2.16. The monoisotopic (exact) mass is 403 g/mol. The van der Waals surface area contributed by atoms with Crippen LogP contribution in [0, 0.1) is 6.92 Å². The number of fused-ring (bicyclic) bond motifs is 1. The summed E-state index contributed by atoms with van der Waals surface area (Å²) in [7, 11) is 2.87. The molecule has 0 unspecified atom stereocenters. The van der Waals surface area contributed by atoms with Crippen LogP contribution in [0.2, 0.25) is 5.28 Å². The molecule has 0 atom stereocenters. The minimum Gasteiger partial charge on any atom is -0.324 e. The average molecular weight is 404 g/mol. The van der Waals surface area contributed by atoms with Gasteiger partial charge in [-0.05, 0) is 35.6 Å². The number of halogens is 1. The highest BCUT2D eigenvalue weighted by Gasteiger charge is 2.20. The summed E-state index contributed by atoms with van der Waals surface area (Å²) in [6.45, 7) is 5.82. The first-order chi connectivity index (χ1) is 13.1. The Labute approximate surface area is 166 Å². The molecule has 0 aliphatic heterocycles. The number of carbonyl (C=O) groups excluding carboxylic acids is 1. The fraction of sp³-hybridized carbons (Fsp3) is 0.368. The number of nitrogens with one attached hydrogen (secondary N) is 1. The molecule has 8 nitrogen and oxygen atoms in total. The van der Waals surface area contributed by atoms with Gasteiger partial charge in [-0.2, -0.15) is 4.98 Å². The molecule has 3 aromatic rings. The molecule has 2 heterocycles. The fourth-order valence-corrected chi connectivity index (χ4v) is 3.45. The van der Waals surface area contributed by atoms with E-state index >= 15 is 0 Å². The zero-order valence-corrected chi connectivity index (χ0v) is 17.2.